The fourth-order valence-corrected chi connectivity index (χ4v) is 3.81. The lowest BCUT2D eigenvalue weighted by atomic mass is 10.1. The Labute approximate surface area is 170 Å². The van der Waals surface area contributed by atoms with Crippen LogP contribution in [-0.2, 0) is 11.8 Å². The summed E-state index contributed by atoms with van der Waals surface area (Å²) in [6, 6.07) is 11.1. The number of halogens is 1. The maximum absolute atomic E-state index is 12.3. The van der Waals surface area contributed by atoms with Gasteiger partial charge in [-0.05, 0) is 55.3 Å². The predicted molar refractivity (Wildman–Crippen MR) is 111 cm³/mol. The molecule has 1 aromatic heterocycles. The van der Waals surface area contributed by atoms with Gasteiger partial charge in [0.1, 0.15) is 5.75 Å². The fraction of sp³-hybridized carbons (Fsp3) is 0.211. The molecule has 0 radical (unpaired) electrons. The van der Waals surface area contributed by atoms with Crippen molar-refractivity contribution in [3.8, 4) is 17.1 Å². The Morgan fingerprint density at radius 3 is 2.59 bits per heavy atom. The number of aryl methyl sites for hydroxylation is 2. The zero-order valence-electron chi connectivity index (χ0n) is 15.2. The Balaban J connectivity index is 1.69. The van der Waals surface area contributed by atoms with Crippen molar-refractivity contribution in [2.24, 2.45) is 7.05 Å². The lowest BCUT2D eigenvalue weighted by molar-refractivity contribution is -0.113. The molecule has 0 saturated heterocycles. The third-order valence-electron chi connectivity index (χ3n) is 3.87. The number of amides is 1. The molecule has 0 unspecified atom stereocenters. The number of phenolic OH excluding ortho intramolecular Hbond substituents is 1. The number of aromatic nitrogens is 3. The molecule has 0 spiro atoms. The van der Waals surface area contributed by atoms with Gasteiger partial charge in [0.2, 0.25) is 5.91 Å². The maximum Gasteiger partial charge on any atom is 0.234 e. The highest BCUT2D eigenvalue weighted by Gasteiger charge is 2.16. The van der Waals surface area contributed by atoms with Crippen molar-refractivity contribution >= 4 is 39.3 Å². The van der Waals surface area contributed by atoms with Crippen molar-refractivity contribution in [2.45, 2.75) is 19.0 Å². The lowest BCUT2D eigenvalue weighted by Crippen LogP contribution is -2.14. The molecule has 0 bridgehead atoms. The third-order valence-corrected chi connectivity index (χ3v) is 5.39. The molecule has 2 aromatic carbocycles. The molecule has 3 rings (SSSR count). The number of aromatic hydroxyl groups is 1. The van der Waals surface area contributed by atoms with Crippen LogP contribution in [0, 0.1) is 13.8 Å². The summed E-state index contributed by atoms with van der Waals surface area (Å²) in [4.78, 5) is 12.3. The van der Waals surface area contributed by atoms with E-state index in [0.29, 0.717) is 16.5 Å². The lowest BCUT2D eigenvalue weighted by Gasteiger charge is -2.08. The number of phenols is 1. The summed E-state index contributed by atoms with van der Waals surface area (Å²) < 4.78 is 2.59. The molecule has 0 aliphatic carbocycles. The van der Waals surface area contributed by atoms with Crippen LogP contribution in [0.5, 0.6) is 5.75 Å². The summed E-state index contributed by atoms with van der Waals surface area (Å²) in [7, 11) is 1.81. The summed E-state index contributed by atoms with van der Waals surface area (Å²) >= 11 is 4.68. The average Bonchev–Trinajstić information content (AvgIpc) is 2.95. The Hall–Kier alpha value is -2.32. The van der Waals surface area contributed by atoms with E-state index in [4.69, 9.17) is 0 Å². The Morgan fingerprint density at radius 1 is 1.19 bits per heavy atom. The number of carbonyl (C=O) groups excluding carboxylic acids is 1. The first-order chi connectivity index (χ1) is 12.8. The highest BCUT2D eigenvalue weighted by Crippen LogP contribution is 2.32. The van der Waals surface area contributed by atoms with Crippen LogP contribution in [-0.4, -0.2) is 31.5 Å². The van der Waals surface area contributed by atoms with Crippen LogP contribution in [0.4, 0.5) is 5.69 Å². The number of rotatable bonds is 5. The first-order valence-corrected chi connectivity index (χ1v) is 10.0. The van der Waals surface area contributed by atoms with Crippen LogP contribution in [0.1, 0.15) is 11.1 Å². The molecule has 27 heavy (non-hydrogen) atoms. The normalized spacial score (nSPS) is 10.8. The van der Waals surface area contributed by atoms with Crippen LogP contribution in [0.3, 0.4) is 0 Å². The van der Waals surface area contributed by atoms with Crippen molar-refractivity contribution in [1.82, 2.24) is 14.8 Å². The SMILES string of the molecule is Cc1cc(C)cc(NC(=O)CSc2nnc(-c3cc(Br)ccc3O)n2C)c1. The largest absolute Gasteiger partial charge is 0.507 e. The van der Waals surface area contributed by atoms with Gasteiger partial charge in [-0.15, -0.1) is 10.2 Å². The summed E-state index contributed by atoms with van der Waals surface area (Å²) in [5, 5.41) is 21.9. The van der Waals surface area contributed by atoms with Crippen molar-refractivity contribution in [2.75, 3.05) is 11.1 Å². The number of nitrogens with zero attached hydrogens (tertiary/aromatic N) is 3. The molecule has 6 nitrogen and oxygen atoms in total. The van der Waals surface area contributed by atoms with E-state index in [2.05, 4.69) is 37.5 Å². The average molecular weight is 447 g/mol. The second-order valence-electron chi connectivity index (χ2n) is 6.24. The first kappa shape index (κ1) is 19.4. The zero-order valence-corrected chi connectivity index (χ0v) is 17.6. The third kappa shape index (κ3) is 4.70. The predicted octanol–water partition coefficient (Wildman–Crippen LogP) is 4.30. The molecular weight excluding hydrogens is 428 g/mol. The number of benzene rings is 2. The van der Waals surface area contributed by atoms with Gasteiger partial charge >= 0.3 is 0 Å². The minimum atomic E-state index is -0.111. The minimum absolute atomic E-state index is 0.111. The van der Waals surface area contributed by atoms with E-state index in [1.165, 1.54) is 11.8 Å². The molecule has 1 heterocycles. The molecule has 0 aliphatic heterocycles. The zero-order chi connectivity index (χ0) is 19.6. The summed E-state index contributed by atoms with van der Waals surface area (Å²) in [5.74, 6) is 0.757. The summed E-state index contributed by atoms with van der Waals surface area (Å²) in [6.07, 6.45) is 0. The van der Waals surface area contributed by atoms with Crippen LogP contribution in [0.25, 0.3) is 11.4 Å². The van der Waals surface area contributed by atoms with Crippen LogP contribution < -0.4 is 5.32 Å². The highest BCUT2D eigenvalue weighted by atomic mass is 79.9. The van der Waals surface area contributed by atoms with E-state index < -0.39 is 0 Å². The summed E-state index contributed by atoms with van der Waals surface area (Å²) in [6.45, 7) is 3.99. The Morgan fingerprint density at radius 2 is 1.89 bits per heavy atom. The molecule has 2 N–H and O–H groups in total. The standard InChI is InChI=1S/C19H19BrN4O2S/c1-11-6-12(2)8-14(7-11)21-17(26)10-27-19-23-22-18(24(19)3)15-9-13(20)4-5-16(15)25/h4-9,25H,10H2,1-3H3,(H,21,26). The number of hydrogen-bond donors (Lipinski definition) is 2. The highest BCUT2D eigenvalue weighted by molar-refractivity contribution is 9.10. The maximum atomic E-state index is 12.3. The molecule has 0 fully saturated rings. The molecule has 0 saturated carbocycles. The van der Waals surface area contributed by atoms with Gasteiger partial charge in [0.25, 0.3) is 0 Å². The van der Waals surface area contributed by atoms with Crippen molar-refractivity contribution in [3.05, 3.63) is 52.0 Å². The molecule has 140 valence electrons. The van der Waals surface area contributed by atoms with Gasteiger partial charge in [0.05, 0.1) is 11.3 Å². The van der Waals surface area contributed by atoms with Crippen LogP contribution in [0.2, 0.25) is 0 Å². The van der Waals surface area contributed by atoms with E-state index >= 15 is 0 Å². The monoisotopic (exact) mass is 446 g/mol. The topological polar surface area (TPSA) is 80.0 Å². The van der Waals surface area contributed by atoms with Gasteiger partial charge in [-0.25, -0.2) is 0 Å². The van der Waals surface area contributed by atoms with Gasteiger partial charge in [-0.3, -0.25) is 4.79 Å². The van der Waals surface area contributed by atoms with Gasteiger partial charge in [0.15, 0.2) is 11.0 Å². The molecule has 1 amide bonds. The van der Waals surface area contributed by atoms with E-state index in [1.54, 1.807) is 29.8 Å². The van der Waals surface area contributed by atoms with Crippen LogP contribution in [0.15, 0.2) is 46.0 Å². The number of anilines is 1. The molecular formula is C19H19BrN4O2S. The molecule has 0 aliphatic rings. The van der Waals surface area contributed by atoms with Crippen molar-refractivity contribution in [3.63, 3.8) is 0 Å². The number of nitrogens with one attached hydrogen (secondary N) is 1. The molecule has 3 aromatic rings. The van der Waals surface area contributed by atoms with E-state index in [1.807, 2.05) is 26.0 Å². The quantitative estimate of drug-likeness (QED) is 0.571. The number of thioether (sulfide) groups is 1. The molecule has 8 heteroatoms. The van der Waals surface area contributed by atoms with Gasteiger partial charge in [-0.1, -0.05) is 33.8 Å². The number of carbonyl (C=O) groups is 1. The fourth-order valence-electron chi connectivity index (χ4n) is 2.74. The van der Waals surface area contributed by atoms with Crippen molar-refractivity contribution in [1.29, 1.82) is 0 Å². The first-order valence-electron chi connectivity index (χ1n) is 8.22. The van der Waals surface area contributed by atoms with Crippen LogP contribution >= 0.6 is 27.7 Å². The van der Waals surface area contributed by atoms with E-state index in [-0.39, 0.29) is 17.4 Å². The second kappa shape index (κ2) is 8.14. The Kier molecular flexibility index (Phi) is 5.86. The summed E-state index contributed by atoms with van der Waals surface area (Å²) in [5.41, 5.74) is 3.57. The smallest absolute Gasteiger partial charge is 0.234 e. The second-order valence-corrected chi connectivity index (χ2v) is 8.10. The molecule has 0 atom stereocenters. The number of hydrogen-bond acceptors (Lipinski definition) is 5. The van der Waals surface area contributed by atoms with Crippen molar-refractivity contribution < 1.29 is 9.90 Å². The Bertz CT molecular complexity index is 983. The van der Waals surface area contributed by atoms with E-state index in [9.17, 15) is 9.90 Å². The van der Waals surface area contributed by atoms with Gasteiger partial charge in [0, 0.05) is 17.2 Å². The van der Waals surface area contributed by atoms with Gasteiger partial charge in [-0.2, -0.15) is 0 Å². The van der Waals surface area contributed by atoms with E-state index in [0.717, 1.165) is 21.3 Å². The minimum Gasteiger partial charge on any atom is -0.507 e. The van der Waals surface area contributed by atoms with Gasteiger partial charge < -0.3 is 15.0 Å².